The van der Waals surface area contributed by atoms with E-state index in [4.69, 9.17) is 18.0 Å². The molecule has 4 nitrogen and oxygen atoms in total. The second-order valence-electron chi connectivity index (χ2n) is 4.77. The highest BCUT2D eigenvalue weighted by Crippen LogP contribution is 2.35. The average Bonchev–Trinajstić information content (AvgIpc) is 2.80. The van der Waals surface area contributed by atoms with E-state index < -0.39 is 5.69 Å². The lowest BCUT2D eigenvalue weighted by Crippen LogP contribution is -2.34. The lowest BCUT2D eigenvalue weighted by molar-refractivity contribution is 0.743. The number of terminal acetylenes is 1. The van der Waals surface area contributed by atoms with Gasteiger partial charge in [0.05, 0.1) is 11.9 Å². The predicted octanol–water partition coefficient (Wildman–Crippen LogP) is 3.01. The summed E-state index contributed by atoms with van der Waals surface area (Å²) in [4.78, 5) is 28.8. The van der Waals surface area contributed by atoms with Gasteiger partial charge in [0.1, 0.15) is 4.83 Å². The van der Waals surface area contributed by atoms with Crippen molar-refractivity contribution in [1.29, 1.82) is 0 Å². The third-order valence-electron chi connectivity index (χ3n) is 3.39. The molecule has 1 aromatic carbocycles. The fourth-order valence-corrected chi connectivity index (χ4v) is 3.61. The summed E-state index contributed by atoms with van der Waals surface area (Å²) in [5.74, 6) is 2.33. The van der Waals surface area contributed by atoms with Crippen molar-refractivity contribution in [3.8, 4) is 23.5 Å². The normalized spacial score (nSPS) is 10.8. The van der Waals surface area contributed by atoms with E-state index in [0.29, 0.717) is 15.2 Å². The second-order valence-corrected chi connectivity index (χ2v) is 6.43. The van der Waals surface area contributed by atoms with Gasteiger partial charge in [-0.3, -0.25) is 9.78 Å². The predicted molar refractivity (Wildman–Crippen MR) is 90.7 cm³/mol. The summed E-state index contributed by atoms with van der Waals surface area (Å²) >= 11 is 7.30. The first kappa shape index (κ1) is 14.6. The molecule has 0 aliphatic rings. The third kappa shape index (κ3) is 2.27. The van der Waals surface area contributed by atoms with Gasteiger partial charge in [-0.1, -0.05) is 29.7 Å². The maximum Gasteiger partial charge on any atom is 0.330 e. The van der Waals surface area contributed by atoms with Crippen molar-refractivity contribution in [2.24, 2.45) is 0 Å². The molecule has 2 heterocycles. The van der Waals surface area contributed by atoms with E-state index >= 15 is 0 Å². The summed E-state index contributed by atoms with van der Waals surface area (Å²) in [6.45, 7) is 1.86. The molecule has 1 N–H and O–H groups in total. The summed E-state index contributed by atoms with van der Waals surface area (Å²) in [7, 11) is 0. The fourth-order valence-electron chi connectivity index (χ4n) is 2.43. The van der Waals surface area contributed by atoms with Crippen LogP contribution in [0.15, 0.2) is 33.9 Å². The molecule has 6 heteroatoms. The highest BCUT2D eigenvalue weighted by molar-refractivity contribution is 7.19. The Morgan fingerprint density at radius 1 is 1.32 bits per heavy atom. The number of hydrogen-bond acceptors (Lipinski definition) is 3. The highest BCUT2D eigenvalue weighted by atomic mass is 35.5. The van der Waals surface area contributed by atoms with Crippen molar-refractivity contribution in [2.75, 3.05) is 0 Å². The van der Waals surface area contributed by atoms with Crippen molar-refractivity contribution in [2.45, 2.75) is 13.5 Å². The Morgan fingerprint density at radius 3 is 2.64 bits per heavy atom. The summed E-state index contributed by atoms with van der Waals surface area (Å²) < 4.78 is 1.04. The van der Waals surface area contributed by atoms with Gasteiger partial charge in [0.2, 0.25) is 0 Å². The molecule has 0 radical (unpaired) electrons. The maximum absolute atomic E-state index is 12.6. The number of aromatic nitrogens is 2. The molecule has 0 spiro atoms. The van der Waals surface area contributed by atoms with E-state index in [1.165, 1.54) is 11.3 Å². The smallest absolute Gasteiger partial charge is 0.298 e. The van der Waals surface area contributed by atoms with Crippen LogP contribution in [-0.4, -0.2) is 9.55 Å². The third-order valence-corrected chi connectivity index (χ3v) is 4.66. The van der Waals surface area contributed by atoms with Crippen LogP contribution in [0.2, 0.25) is 5.02 Å². The number of rotatable bonds is 2. The number of thiophene rings is 1. The molecular weight excluding hydrogens is 320 g/mol. The number of H-pyrrole nitrogens is 1. The van der Waals surface area contributed by atoms with Crippen molar-refractivity contribution in [3.63, 3.8) is 0 Å². The van der Waals surface area contributed by atoms with Gasteiger partial charge in [-0.2, -0.15) is 0 Å². The Bertz CT molecular complexity index is 1020. The summed E-state index contributed by atoms with van der Waals surface area (Å²) in [6.07, 6.45) is 5.24. The molecule has 3 aromatic rings. The molecule has 0 amide bonds. The van der Waals surface area contributed by atoms with Gasteiger partial charge in [-0.05, 0) is 24.6 Å². The van der Waals surface area contributed by atoms with E-state index in [2.05, 4.69) is 10.9 Å². The van der Waals surface area contributed by atoms with Gasteiger partial charge in [-0.15, -0.1) is 17.8 Å². The molecule has 0 aliphatic carbocycles. The van der Waals surface area contributed by atoms with Crippen LogP contribution in [0.1, 0.15) is 4.88 Å². The quantitative estimate of drug-likeness (QED) is 0.734. The standard InChI is InChI=1S/C16H11ClN2O2S/c1-3-8-19-15(20)13-12(10-4-6-11(17)7-5-10)9(2)22-14(13)18-16(19)21/h1,4-7H,8H2,2H3,(H,18,21). The van der Waals surface area contributed by atoms with Crippen LogP contribution in [-0.2, 0) is 6.54 Å². The minimum atomic E-state index is -0.487. The molecule has 0 fully saturated rings. The summed E-state index contributed by atoms with van der Waals surface area (Å²) in [5.41, 5.74) is 0.832. The number of benzene rings is 1. The zero-order valence-corrected chi connectivity index (χ0v) is 13.2. The van der Waals surface area contributed by atoms with Gasteiger partial charge < -0.3 is 0 Å². The van der Waals surface area contributed by atoms with Gasteiger partial charge >= 0.3 is 5.69 Å². The summed E-state index contributed by atoms with van der Waals surface area (Å²) in [5, 5.41) is 1.11. The second kappa shape index (κ2) is 5.48. The topological polar surface area (TPSA) is 54.9 Å². The Labute approximate surface area is 135 Å². The van der Waals surface area contributed by atoms with Crippen LogP contribution in [0.25, 0.3) is 21.3 Å². The lowest BCUT2D eigenvalue weighted by Gasteiger charge is -2.04. The van der Waals surface area contributed by atoms with Crippen LogP contribution < -0.4 is 11.2 Å². The van der Waals surface area contributed by atoms with Gasteiger partial charge in [0, 0.05) is 15.5 Å². The zero-order chi connectivity index (χ0) is 15.9. The van der Waals surface area contributed by atoms with E-state index in [9.17, 15) is 9.59 Å². The van der Waals surface area contributed by atoms with E-state index in [1.54, 1.807) is 12.1 Å². The SMILES string of the molecule is C#CCn1c(=O)[nH]c2sc(C)c(-c3ccc(Cl)cc3)c2c1=O. The average molecular weight is 331 g/mol. The minimum Gasteiger partial charge on any atom is -0.298 e. The number of hydrogen-bond donors (Lipinski definition) is 1. The van der Waals surface area contributed by atoms with Gasteiger partial charge in [-0.25, -0.2) is 9.36 Å². The van der Waals surface area contributed by atoms with Crippen molar-refractivity contribution < 1.29 is 0 Å². The minimum absolute atomic E-state index is 0.0565. The monoisotopic (exact) mass is 330 g/mol. The number of nitrogens with zero attached hydrogens (tertiary/aromatic N) is 1. The van der Waals surface area contributed by atoms with E-state index in [0.717, 1.165) is 20.6 Å². The first-order valence-electron chi connectivity index (χ1n) is 6.48. The molecule has 0 saturated heterocycles. The Kier molecular flexibility index (Phi) is 3.65. The van der Waals surface area contributed by atoms with E-state index in [1.807, 2.05) is 19.1 Å². The molecule has 0 aliphatic heterocycles. The molecule has 110 valence electrons. The highest BCUT2D eigenvalue weighted by Gasteiger charge is 2.17. The molecule has 3 rings (SSSR count). The lowest BCUT2D eigenvalue weighted by atomic mass is 10.0. The molecule has 0 atom stereocenters. The molecule has 0 saturated carbocycles. The van der Waals surface area contributed by atoms with Crippen LogP contribution in [0.4, 0.5) is 0 Å². The Balaban J connectivity index is 2.41. The fraction of sp³-hybridized carbons (Fsp3) is 0.125. The molecular formula is C16H11ClN2O2S. The maximum atomic E-state index is 12.6. The molecule has 0 bridgehead atoms. The van der Waals surface area contributed by atoms with Crippen LogP contribution in [0, 0.1) is 19.3 Å². The molecule has 22 heavy (non-hydrogen) atoms. The number of aryl methyl sites for hydroxylation is 1. The molecule has 0 unspecified atom stereocenters. The van der Waals surface area contributed by atoms with Gasteiger partial charge in [0.15, 0.2) is 0 Å². The number of fused-ring (bicyclic) bond motifs is 1. The zero-order valence-electron chi connectivity index (χ0n) is 11.6. The molecule has 2 aromatic heterocycles. The Morgan fingerprint density at radius 2 is 2.00 bits per heavy atom. The summed E-state index contributed by atoms with van der Waals surface area (Å²) in [6, 6.07) is 7.25. The van der Waals surface area contributed by atoms with Crippen molar-refractivity contribution in [1.82, 2.24) is 9.55 Å². The van der Waals surface area contributed by atoms with Crippen LogP contribution in [0.3, 0.4) is 0 Å². The van der Waals surface area contributed by atoms with Gasteiger partial charge in [0.25, 0.3) is 5.56 Å². The first-order valence-corrected chi connectivity index (χ1v) is 7.68. The van der Waals surface area contributed by atoms with Crippen LogP contribution in [0.5, 0.6) is 0 Å². The number of aromatic amines is 1. The Hall–Kier alpha value is -2.29. The number of halogens is 1. The van der Waals surface area contributed by atoms with Crippen molar-refractivity contribution >= 4 is 33.2 Å². The van der Waals surface area contributed by atoms with E-state index in [-0.39, 0.29) is 12.1 Å². The largest absolute Gasteiger partial charge is 0.330 e. The van der Waals surface area contributed by atoms with Crippen molar-refractivity contribution in [3.05, 3.63) is 55.0 Å². The number of nitrogens with one attached hydrogen (secondary N) is 1. The van der Waals surface area contributed by atoms with Crippen LogP contribution >= 0.6 is 22.9 Å². The first-order chi connectivity index (χ1) is 10.5.